The largest absolute Gasteiger partial charge is 0.399 e. The van der Waals surface area contributed by atoms with E-state index >= 15 is 0 Å². The summed E-state index contributed by atoms with van der Waals surface area (Å²) in [4.78, 5) is 11.0. The van der Waals surface area contributed by atoms with Crippen LogP contribution in [0.1, 0.15) is 6.92 Å². The molecule has 0 aliphatic heterocycles. The number of rotatable bonds is 2. The lowest BCUT2D eigenvalue weighted by Crippen LogP contribution is -2.05. The Morgan fingerprint density at radius 3 is 2.41 bits per heavy atom. The maximum absolute atomic E-state index is 11.0. The molecule has 17 heavy (non-hydrogen) atoms. The Morgan fingerprint density at radius 1 is 1.06 bits per heavy atom. The summed E-state index contributed by atoms with van der Waals surface area (Å²) in [6, 6.07) is 15.4. The van der Waals surface area contributed by atoms with Crippen LogP contribution in [0.15, 0.2) is 48.5 Å². The normalized spacial score (nSPS) is 9.94. The molecule has 0 fully saturated rings. The van der Waals surface area contributed by atoms with Gasteiger partial charge >= 0.3 is 0 Å². The van der Waals surface area contributed by atoms with Crippen molar-refractivity contribution in [3.05, 3.63) is 48.5 Å². The van der Waals surface area contributed by atoms with Crippen LogP contribution < -0.4 is 11.1 Å². The maximum atomic E-state index is 11.0. The Hall–Kier alpha value is -2.29. The zero-order valence-corrected chi connectivity index (χ0v) is 9.60. The summed E-state index contributed by atoms with van der Waals surface area (Å²) < 4.78 is 0. The van der Waals surface area contributed by atoms with E-state index in [-0.39, 0.29) is 5.91 Å². The van der Waals surface area contributed by atoms with E-state index in [1.807, 2.05) is 48.5 Å². The lowest BCUT2D eigenvalue weighted by Gasteiger charge is -2.06. The summed E-state index contributed by atoms with van der Waals surface area (Å²) in [6.07, 6.45) is 0. The summed E-state index contributed by atoms with van der Waals surface area (Å²) in [6.45, 7) is 1.50. The van der Waals surface area contributed by atoms with Crippen LogP contribution in [0.4, 0.5) is 11.4 Å². The molecule has 0 atom stereocenters. The molecule has 0 spiro atoms. The summed E-state index contributed by atoms with van der Waals surface area (Å²) in [5, 5.41) is 2.76. The fraction of sp³-hybridized carbons (Fsp3) is 0.0714. The molecule has 0 unspecified atom stereocenters. The van der Waals surface area contributed by atoms with E-state index in [1.165, 1.54) is 6.92 Å². The first-order chi connectivity index (χ1) is 8.15. The van der Waals surface area contributed by atoms with Gasteiger partial charge in [-0.1, -0.05) is 24.3 Å². The molecule has 2 rings (SSSR count). The highest BCUT2D eigenvalue weighted by Crippen LogP contribution is 2.23. The van der Waals surface area contributed by atoms with Crippen molar-refractivity contribution in [3.63, 3.8) is 0 Å². The molecule has 3 N–H and O–H groups in total. The van der Waals surface area contributed by atoms with Crippen LogP contribution in [-0.4, -0.2) is 5.91 Å². The number of benzene rings is 2. The minimum absolute atomic E-state index is 0.0699. The van der Waals surface area contributed by atoms with E-state index in [1.54, 1.807) is 0 Å². The molecule has 1 amide bonds. The number of carbonyl (C=O) groups is 1. The molecule has 3 heteroatoms. The summed E-state index contributed by atoms with van der Waals surface area (Å²) in [5.41, 5.74) is 9.31. The predicted octanol–water partition coefficient (Wildman–Crippen LogP) is 2.89. The van der Waals surface area contributed by atoms with Crippen LogP contribution in [0.5, 0.6) is 0 Å². The molecular formula is C14H14N2O. The number of nitrogens with one attached hydrogen (secondary N) is 1. The number of hydrogen-bond acceptors (Lipinski definition) is 2. The Labute approximate surface area is 100 Å². The quantitative estimate of drug-likeness (QED) is 0.773. The van der Waals surface area contributed by atoms with Gasteiger partial charge in [-0.05, 0) is 35.4 Å². The molecule has 0 radical (unpaired) electrons. The monoisotopic (exact) mass is 226 g/mol. The molecule has 86 valence electrons. The van der Waals surface area contributed by atoms with Gasteiger partial charge in [-0.3, -0.25) is 4.79 Å². The average Bonchev–Trinajstić information content (AvgIpc) is 2.29. The third-order valence-corrected chi connectivity index (χ3v) is 2.43. The van der Waals surface area contributed by atoms with Crippen LogP contribution in [0, 0.1) is 0 Å². The topological polar surface area (TPSA) is 55.1 Å². The molecule has 2 aromatic carbocycles. The van der Waals surface area contributed by atoms with Gasteiger partial charge in [0.15, 0.2) is 0 Å². The zero-order valence-electron chi connectivity index (χ0n) is 9.60. The minimum Gasteiger partial charge on any atom is -0.399 e. The van der Waals surface area contributed by atoms with Gasteiger partial charge in [0.25, 0.3) is 0 Å². The molecule has 2 aromatic rings. The van der Waals surface area contributed by atoms with Gasteiger partial charge < -0.3 is 11.1 Å². The van der Waals surface area contributed by atoms with Crippen LogP contribution in [0.25, 0.3) is 11.1 Å². The van der Waals surface area contributed by atoms with Crippen LogP contribution in [0.2, 0.25) is 0 Å². The van der Waals surface area contributed by atoms with E-state index in [0.29, 0.717) is 0 Å². The summed E-state index contributed by atoms with van der Waals surface area (Å²) in [5.74, 6) is -0.0699. The van der Waals surface area contributed by atoms with Crippen molar-refractivity contribution in [2.24, 2.45) is 0 Å². The Balaban J connectivity index is 2.32. The van der Waals surface area contributed by atoms with Crippen molar-refractivity contribution >= 4 is 17.3 Å². The van der Waals surface area contributed by atoms with Gasteiger partial charge in [0.2, 0.25) is 5.91 Å². The number of amides is 1. The van der Waals surface area contributed by atoms with Crippen molar-refractivity contribution in [2.45, 2.75) is 6.92 Å². The second-order valence-electron chi connectivity index (χ2n) is 3.88. The molecule has 0 aliphatic rings. The minimum atomic E-state index is -0.0699. The summed E-state index contributed by atoms with van der Waals surface area (Å²) >= 11 is 0. The lowest BCUT2D eigenvalue weighted by atomic mass is 10.0. The Bertz CT molecular complexity index is 532. The highest BCUT2D eigenvalue weighted by atomic mass is 16.1. The second-order valence-corrected chi connectivity index (χ2v) is 3.88. The van der Waals surface area contributed by atoms with Gasteiger partial charge in [-0.2, -0.15) is 0 Å². The number of anilines is 2. The molecular weight excluding hydrogens is 212 g/mol. The number of nitrogens with two attached hydrogens (primary N) is 1. The molecule has 0 heterocycles. The van der Waals surface area contributed by atoms with E-state index in [4.69, 9.17) is 5.73 Å². The second kappa shape index (κ2) is 4.70. The SMILES string of the molecule is CC(=O)Nc1cccc(-c2ccc(N)cc2)c1. The highest BCUT2D eigenvalue weighted by molar-refractivity contribution is 5.89. The van der Waals surface area contributed by atoms with Crippen molar-refractivity contribution in [2.75, 3.05) is 11.1 Å². The number of carbonyl (C=O) groups excluding carboxylic acids is 1. The van der Waals surface area contributed by atoms with Crippen LogP contribution in [0.3, 0.4) is 0 Å². The number of hydrogen-bond donors (Lipinski definition) is 2. The summed E-state index contributed by atoms with van der Waals surface area (Å²) in [7, 11) is 0. The fourth-order valence-corrected chi connectivity index (χ4v) is 1.66. The zero-order chi connectivity index (χ0) is 12.3. The third kappa shape index (κ3) is 2.84. The van der Waals surface area contributed by atoms with Gasteiger partial charge in [0.1, 0.15) is 0 Å². The van der Waals surface area contributed by atoms with Crippen LogP contribution >= 0.6 is 0 Å². The first-order valence-corrected chi connectivity index (χ1v) is 5.39. The van der Waals surface area contributed by atoms with Gasteiger partial charge in [-0.25, -0.2) is 0 Å². The van der Waals surface area contributed by atoms with E-state index < -0.39 is 0 Å². The molecule has 3 nitrogen and oxygen atoms in total. The fourth-order valence-electron chi connectivity index (χ4n) is 1.66. The third-order valence-electron chi connectivity index (χ3n) is 2.43. The molecule has 0 saturated carbocycles. The van der Waals surface area contributed by atoms with Gasteiger partial charge in [0.05, 0.1) is 0 Å². The highest BCUT2D eigenvalue weighted by Gasteiger charge is 2.00. The predicted molar refractivity (Wildman–Crippen MR) is 70.6 cm³/mol. The Kier molecular flexibility index (Phi) is 3.10. The van der Waals surface area contributed by atoms with Crippen molar-refractivity contribution < 1.29 is 4.79 Å². The van der Waals surface area contributed by atoms with Gasteiger partial charge in [0, 0.05) is 18.3 Å². The van der Waals surface area contributed by atoms with Crippen molar-refractivity contribution in [1.29, 1.82) is 0 Å². The van der Waals surface area contributed by atoms with E-state index in [2.05, 4.69) is 5.32 Å². The smallest absolute Gasteiger partial charge is 0.221 e. The molecule has 0 aromatic heterocycles. The average molecular weight is 226 g/mol. The van der Waals surface area contributed by atoms with E-state index in [9.17, 15) is 4.79 Å². The van der Waals surface area contributed by atoms with Crippen molar-refractivity contribution in [3.8, 4) is 11.1 Å². The first kappa shape index (κ1) is 11.2. The Morgan fingerprint density at radius 2 is 1.76 bits per heavy atom. The van der Waals surface area contributed by atoms with Crippen LogP contribution in [-0.2, 0) is 4.79 Å². The maximum Gasteiger partial charge on any atom is 0.221 e. The molecule has 0 saturated heterocycles. The van der Waals surface area contributed by atoms with E-state index in [0.717, 1.165) is 22.5 Å². The molecule has 0 bridgehead atoms. The lowest BCUT2D eigenvalue weighted by molar-refractivity contribution is -0.114. The van der Waals surface area contributed by atoms with Crippen molar-refractivity contribution in [1.82, 2.24) is 0 Å². The molecule has 0 aliphatic carbocycles. The standard InChI is InChI=1S/C14H14N2O/c1-10(17)16-14-4-2-3-12(9-14)11-5-7-13(15)8-6-11/h2-9H,15H2,1H3,(H,16,17). The first-order valence-electron chi connectivity index (χ1n) is 5.39. The van der Waals surface area contributed by atoms with Gasteiger partial charge in [-0.15, -0.1) is 0 Å². The number of nitrogen functional groups attached to an aromatic ring is 1.